The molecule has 0 aliphatic heterocycles. The summed E-state index contributed by atoms with van der Waals surface area (Å²) in [6.45, 7) is 4.59. The van der Waals surface area contributed by atoms with Crippen LogP contribution in [-0.2, 0) is 30.4 Å². The zero-order valence-electron chi connectivity index (χ0n) is 19.6. The molecule has 12 nitrogen and oxygen atoms in total. The molecule has 0 radical (unpaired) electrons. The van der Waals surface area contributed by atoms with E-state index < -0.39 is 30.4 Å². The third-order valence-corrected chi connectivity index (χ3v) is 7.34. The summed E-state index contributed by atoms with van der Waals surface area (Å²) in [6, 6.07) is 11.3. The third-order valence-electron chi connectivity index (χ3n) is 4.35. The number of phenols is 3. The van der Waals surface area contributed by atoms with Crippen LogP contribution in [-0.4, -0.2) is 71.6 Å². The topological polar surface area (TPSA) is 224 Å². The first-order valence-electron chi connectivity index (χ1n) is 9.55. The van der Waals surface area contributed by atoms with Gasteiger partial charge in [-0.2, -0.15) is 25.3 Å². The summed E-state index contributed by atoms with van der Waals surface area (Å²) >= 11 is 0. The van der Waals surface area contributed by atoms with Gasteiger partial charge in [-0.1, -0.05) is 18.2 Å². The largest absolute Gasteiger partial charge is 3.00 e. The van der Waals surface area contributed by atoms with Crippen LogP contribution >= 0.6 is 0 Å². The second-order valence-electron chi connectivity index (χ2n) is 7.27. The maximum absolute atomic E-state index is 10.7. The van der Waals surface area contributed by atoms with Crippen molar-refractivity contribution < 1.29 is 54.2 Å². The van der Waals surface area contributed by atoms with Crippen molar-refractivity contribution in [2.45, 2.75) is 35.5 Å². The minimum Gasteiger partial charge on any atom is -0.508 e. The van der Waals surface area contributed by atoms with Crippen LogP contribution in [0.3, 0.4) is 0 Å². The molecule has 3 rings (SSSR count). The van der Waals surface area contributed by atoms with Crippen molar-refractivity contribution in [3.8, 4) is 17.2 Å². The van der Waals surface area contributed by atoms with Crippen LogP contribution in [0.5, 0.6) is 17.2 Å². The molecule has 0 aliphatic carbocycles. The Morgan fingerprint density at radius 1 is 0.459 bits per heavy atom. The summed E-state index contributed by atoms with van der Waals surface area (Å²) in [5, 5.41) is 26.8. The summed E-state index contributed by atoms with van der Waals surface area (Å²) in [5.41, 5.74) is 1.20. The van der Waals surface area contributed by atoms with Gasteiger partial charge in [-0.3, -0.25) is 13.7 Å². The number of benzene rings is 3. The summed E-state index contributed by atoms with van der Waals surface area (Å²) in [5.74, 6) is -0.560. The molecule has 198 valence electrons. The van der Waals surface area contributed by atoms with Crippen LogP contribution in [0.15, 0.2) is 69.3 Å². The van der Waals surface area contributed by atoms with Crippen molar-refractivity contribution in [2.75, 3.05) is 0 Å². The maximum atomic E-state index is 10.7. The molecule has 37 heavy (non-hydrogen) atoms. The van der Waals surface area contributed by atoms with Crippen molar-refractivity contribution >= 4 is 47.7 Å². The molecule has 0 saturated carbocycles. The molecule has 0 atom stereocenters. The van der Waals surface area contributed by atoms with E-state index in [4.69, 9.17) is 29.0 Å². The van der Waals surface area contributed by atoms with Gasteiger partial charge in [0.05, 0.1) is 0 Å². The summed E-state index contributed by atoms with van der Waals surface area (Å²) < 4.78 is 89.9. The Labute approximate surface area is 225 Å². The molecule has 0 heterocycles. The maximum Gasteiger partial charge on any atom is 3.00 e. The van der Waals surface area contributed by atoms with Gasteiger partial charge in [-0.05, 0) is 55.7 Å². The third kappa shape index (κ3) is 11.1. The first-order chi connectivity index (χ1) is 16.2. The monoisotopic (exact) mass is 591 g/mol. The predicted octanol–water partition coefficient (Wildman–Crippen LogP) is 2.46. The van der Waals surface area contributed by atoms with Gasteiger partial charge in [-0.25, -0.2) is 0 Å². The molecule has 0 spiro atoms. The van der Waals surface area contributed by atoms with E-state index in [1.165, 1.54) is 57.2 Å². The van der Waals surface area contributed by atoms with Gasteiger partial charge in [0.1, 0.15) is 31.9 Å². The smallest absolute Gasteiger partial charge is 0.508 e. The van der Waals surface area contributed by atoms with E-state index in [9.17, 15) is 25.3 Å². The minimum absolute atomic E-state index is 0. The number of hydrogen-bond donors (Lipinski definition) is 6. The molecule has 0 fully saturated rings. The van der Waals surface area contributed by atoms with Crippen molar-refractivity contribution in [1.82, 2.24) is 0 Å². The first kappa shape index (κ1) is 34.3. The van der Waals surface area contributed by atoms with Crippen molar-refractivity contribution in [3.05, 3.63) is 71.3 Å². The number of aromatic hydroxyl groups is 3. The second-order valence-corrected chi connectivity index (χ2v) is 11.4. The van der Waals surface area contributed by atoms with Gasteiger partial charge >= 0.3 is 17.4 Å². The fourth-order valence-electron chi connectivity index (χ4n) is 2.60. The molecule has 6 N–H and O–H groups in total. The molecule has 0 aliphatic rings. The van der Waals surface area contributed by atoms with Crippen molar-refractivity contribution in [3.63, 3.8) is 0 Å². The minimum atomic E-state index is -4.22. The molecule has 0 unspecified atom stereocenters. The summed E-state index contributed by atoms with van der Waals surface area (Å²) in [4.78, 5) is -0.785. The van der Waals surface area contributed by atoms with Gasteiger partial charge in [0.2, 0.25) is 0 Å². The Morgan fingerprint density at radius 2 is 0.649 bits per heavy atom. The molecule has 0 amide bonds. The quantitative estimate of drug-likeness (QED) is 0.191. The van der Waals surface area contributed by atoms with Crippen molar-refractivity contribution in [2.24, 2.45) is 0 Å². The standard InChI is InChI=1S/3C7H8O4S.Al/c3*1-5-2-3-6(8)4-7(5)12(9,10)11;/h3*2-4,8H,1H3,(H,9,10,11);/q;;;+3. The predicted molar refractivity (Wildman–Crippen MR) is 134 cm³/mol. The molecule has 0 aromatic heterocycles. The molecule has 16 heteroatoms. The van der Waals surface area contributed by atoms with Gasteiger partial charge < -0.3 is 15.3 Å². The number of aryl methyl sites for hydroxylation is 3. The van der Waals surface area contributed by atoms with Crippen LogP contribution in [0.4, 0.5) is 0 Å². The van der Waals surface area contributed by atoms with Crippen LogP contribution in [0.1, 0.15) is 16.7 Å². The Morgan fingerprint density at radius 3 is 0.784 bits per heavy atom. The zero-order valence-corrected chi connectivity index (χ0v) is 23.2. The fourth-order valence-corrected chi connectivity index (χ4v) is 4.83. The Balaban J connectivity index is 0.000000518. The Hall–Kier alpha value is -2.68. The van der Waals surface area contributed by atoms with Crippen LogP contribution in [0.2, 0.25) is 0 Å². The molecular formula is C21H24AlO12S3+3. The number of rotatable bonds is 3. The van der Waals surface area contributed by atoms with Crippen molar-refractivity contribution in [1.29, 1.82) is 0 Å². The van der Waals surface area contributed by atoms with E-state index in [0.717, 1.165) is 18.2 Å². The van der Waals surface area contributed by atoms with Gasteiger partial charge in [0.25, 0.3) is 30.4 Å². The molecule has 0 bridgehead atoms. The van der Waals surface area contributed by atoms with E-state index in [1.54, 1.807) is 0 Å². The van der Waals surface area contributed by atoms with Crippen LogP contribution in [0.25, 0.3) is 0 Å². The Bertz CT molecular complexity index is 1380. The fraction of sp³-hybridized carbons (Fsp3) is 0.143. The molecule has 0 saturated heterocycles. The van der Waals surface area contributed by atoms with Gasteiger partial charge in [0, 0.05) is 18.2 Å². The van der Waals surface area contributed by atoms with Gasteiger partial charge in [-0.15, -0.1) is 0 Å². The van der Waals surface area contributed by atoms with Gasteiger partial charge in [0.15, 0.2) is 0 Å². The average Bonchev–Trinajstić information content (AvgIpc) is 2.72. The van der Waals surface area contributed by atoms with E-state index in [-0.39, 0.29) is 49.3 Å². The summed E-state index contributed by atoms with van der Waals surface area (Å²) in [7, 11) is -12.6. The zero-order chi connectivity index (χ0) is 28.1. The van der Waals surface area contributed by atoms with E-state index in [2.05, 4.69) is 0 Å². The number of hydrogen-bond acceptors (Lipinski definition) is 9. The molecule has 3 aromatic rings. The first-order valence-corrected chi connectivity index (χ1v) is 13.9. The average molecular weight is 592 g/mol. The summed E-state index contributed by atoms with van der Waals surface area (Å²) in [6.07, 6.45) is 0. The second kappa shape index (κ2) is 13.2. The van der Waals surface area contributed by atoms with E-state index >= 15 is 0 Å². The number of phenolic OH excluding ortho intramolecular Hbond substituents is 3. The Kier molecular flexibility index (Phi) is 12.3. The van der Waals surface area contributed by atoms with Crippen LogP contribution < -0.4 is 0 Å². The normalized spacial score (nSPS) is 11.2. The SMILES string of the molecule is Cc1ccc(O)cc1S(=O)(=O)O.Cc1ccc(O)cc1S(=O)(=O)O.Cc1ccc(O)cc1S(=O)(=O)O.[Al+3]. The van der Waals surface area contributed by atoms with E-state index in [0.29, 0.717) is 16.7 Å². The van der Waals surface area contributed by atoms with E-state index in [1.807, 2.05) is 0 Å². The van der Waals surface area contributed by atoms with Crippen LogP contribution in [0, 0.1) is 20.8 Å². The molecular weight excluding hydrogens is 567 g/mol. The molecule has 3 aromatic carbocycles.